The number of rotatable bonds is 8. The van der Waals surface area contributed by atoms with E-state index in [0.717, 1.165) is 32.1 Å². The Bertz CT molecular complexity index is 626. The number of allylic oxidation sites excluding steroid dienone is 2. The molecule has 0 radical (unpaired) electrons. The summed E-state index contributed by atoms with van der Waals surface area (Å²) in [6.45, 7) is 5.87. The number of unbranched alkanes of at least 4 members (excludes halogenated alkanes) is 1. The molecular formula is C23H35F3O4. The fourth-order valence-electron chi connectivity index (χ4n) is 5.11. The van der Waals surface area contributed by atoms with Crippen LogP contribution in [0.4, 0.5) is 13.2 Å². The van der Waals surface area contributed by atoms with Crippen molar-refractivity contribution >= 4 is 5.97 Å². The van der Waals surface area contributed by atoms with Gasteiger partial charge in [-0.2, -0.15) is 13.2 Å². The number of esters is 1. The largest absolute Gasteiger partial charge is 0.469 e. The molecule has 3 fully saturated rings. The molecule has 1 aliphatic carbocycles. The van der Waals surface area contributed by atoms with Crippen LogP contribution < -0.4 is 0 Å². The van der Waals surface area contributed by atoms with E-state index in [2.05, 4.69) is 6.92 Å². The minimum Gasteiger partial charge on any atom is -0.469 e. The molecule has 0 aromatic heterocycles. The van der Waals surface area contributed by atoms with Gasteiger partial charge in [0, 0.05) is 18.3 Å². The van der Waals surface area contributed by atoms with Gasteiger partial charge in [0.15, 0.2) is 6.29 Å². The topological polar surface area (TPSA) is 44.8 Å². The van der Waals surface area contributed by atoms with Gasteiger partial charge in [-0.05, 0) is 44.1 Å². The summed E-state index contributed by atoms with van der Waals surface area (Å²) < 4.78 is 59.1. The standard InChI is InChI=1S/C23H35F3O4/c1-4-5-10-22(3,23(24,25)26)11-9-17(30-20-8-6-7-12-28-20)21-15(2)13-18-16(21)14-19(27)29-18/h9,15-16,18,20-21H,4-8,10-14H2,1-3H3/t15-,16+,18-,20?,21+,22?/m1/s1. The highest BCUT2D eigenvalue weighted by atomic mass is 19.4. The van der Waals surface area contributed by atoms with E-state index in [-0.39, 0.29) is 42.7 Å². The zero-order chi connectivity index (χ0) is 21.9. The second kappa shape index (κ2) is 9.49. The average molecular weight is 433 g/mol. The molecule has 3 aliphatic rings. The molecule has 6 atom stereocenters. The van der Waals surface area contributed by atoms with Crippen LogP contribution in [0.5, 0.6) is 0 Å². The number of carbonyl (C=O) groups excluding carboxylic acids is 1. The van der Waals surface area contributed by atoms with E-state index in [1.807, 2.05) is 6.92 Å². The summed E-state index contributed by atoms with van der Waals surface area (Å²) in [5, 5.41) is 0. The highest BCUT2D eigenvalue weighted by Crippen LogP contribution is 2.50. The fourth-order valence-corrected chi connectivity index (χ4v) is 5.11. The number of ether oxygens (including phenoxy) is 3. The van der Waals surface area contributed by atoms with Crippen LogP contribution in [0.3, 0.4) is 0 Å². The van der Waals surface area contributed by atoms with Crippen LogP contribution in [0.25, 0.3) is 0 Å². The molecular weight excluding hydrogens is 397 g/mol. The Kier molecular flexibility index (Phi) is 7.41. The van der Waals surface area contributed by atoms with Crippen LogP contribution >= 0.6 is 0 Å². The van der Waals surface area contributed by atoms with Gasteiger partial charge in [-0.1, -0.05) is 33.6 Å². The van der Waals surface area contributed by atoms with Crippen molar-refractivity contribution in [3.63, 3.8) is 0 Å². The Morgan fingerprint density at radius 2 is 2.07 bits per heavy atom. The van der Waals surface area contributed by atoms with E-state index in [4.69, 9.17) is 14.2 Å². The molecule has 2 aliphatic heterocycles. The summed E-state index contributed by atoms with van der Waals surface area (Å²) in [6.07, 6.45) is 1.67. The molecule has 172 valence electrons. The van der Waals surface area contributed by atoms with Gasteiger partial charge in [-0.25, -0.2) is 0 Å². The van der Waals surface area contributed by atoms with E-state index in [9.17, 15) is 18.0 Å². The maximum absolute atomic E-state index is 13.9. The molecule has 0 amide bonds. The first-order valence-corrected chi connectivity index (χ1v) is 11.4. The van der Waals surface area contributed by atoms with Gasteiger partial charge in [-0.15, -0.1) is 0 Å². The molecule has 0 bridgehead atoms. The van der Waals surface area contributed by atoms with Crippen LogP contribution in [0.15, 0.2) is 11.8 Å². The number of hydrogen-bond donors (Lipinski definition) is 0. The van der Waals surface area contributed by atoms with Gasteiger partial charge in [0.2, 0.25) is 0 Å². The lowest BCUT2D eigenvalue weighted by molar-refractivity contribution is -0.220. The lowest BCUT2D eigenvalue weighted by Gasteiger charge is -2.33. The first-order chi connectivity index (χ1) is 14.1. The highest BCUT2D eigenvalue weighted by molar-refractivity contribution is 5.72. The molecule has 4 nitrogen and oxygen atoms in total. The van der Waals surface area contributed by atoms with Crippen molar-refractivity contribution in [2.45, 2.75) is 97.1 Å². The average Bonchev–Trinajstić information content (AvgIpc) is 3.17. The first kappa shape index (κ1) is 23.4. The zero-order valence-corrected chi connectivity index (χ0v) is 18.3. The predicted octanol–water partition coefficient (Wildman–Crippen LogP) is 6.15. The molecule has 0 aromatic rings. The van der Waals surface area contributed by atoms with E-state index in [1.54, 1.807) is 6.08 Å². The van der Waals surface area contributed by atoms with Gasteiger partial charge in [0.25, 0.3) is 0 Å². The van der Waals surface area contributed by atoms with E-state index in [1.165, 1.54) is 6.92 Å². The number of carbonyl (C=O) groups is 1. The van der Waals surface area contributed by atoms with Crippen molar-refractivity contribution < 1.29 is 32.2 Å². The summed E-state index contributed by atoms with van der Waals surface area (Å²) in [5.74, 6) is 0.368. The summed E-state index contributed by atoms with van der Waals surface area (Å²) in [6, 6.07) is 0. The molecule has 30 heavy (non-hydrogen) atoms. The summed E-state index contributed by atoms with van der Waals surface area (Å²) in [5.41, 5.74) is -1.80. The third-order valence-corrected chi connectivity index (χ3v) is 7.10. The SMILES string of the molecule is CCCCC(C)(CC=C(OC1CCCCO1)[C@@H]1[C@H]2CC(=O)O[C@@H]2C[C@H]1C)C(F)(F)F. The zero-order valence-electron chi connectivity index (χ0n) is 18.3. The normalized spacial score (nSPS) is 34.4. The first-order valence-electron chi connectivity index (χ1n) is 11.4. The Hall–Kier alpha value is -1.24. The van der Waals surface area contributed by atoms with E-state index in [0.29, 0.717) is 25.2 Å². The van der Waals surface area contributed by atoms with E-state index < -0.39 is 17.9 Å². The molecule has 3 rings (SSSR count). The maximum Gasteiger partial charge on any atom is 0.394 e. The maximum atomic E-state index is 13.9. The monoisotopic (exact) mass is 432 g/mol. The van der Waals surface area contributed by atoms with Gasteiger partial charge in [0.05, 0.1) is 24.2 Å². The van der Waals surface area contributed by atoms with Crippen molar-refractivity contribution in [2.75, 3.05) is 6.61 Å². The predicted molar refractivity (Wildman–Crippen MR) is 106 cm³/mol. The summed E-state index contributed by atoms with van der Waals surface area (Å²) >= 11 is 0. The number of halogens is 3. The molecule has 0 aromatic carbocycles. The van der Waals surface area contributed by atoms with Crippen molar-refractivity contribution in [3.05, 3.63) is 11.8 Å². The second-order valence-corrected chi connectivity index (χ2v) is 9.52. The molecule has 2 heterocycles. The Morgan fingerprint density at radius 3 is 2.70 bits per heavy atom. The minimum atomic E-state index is -4.29. The number of fused-ring (bicyclic) bond motifs is 1. The minimum absolute atomic E-state index is 0.0323. The lowest BCUT2D eigenvalue weighted by Crippen LogP contribution is -2.35. The van der Waals surface area contributed by atoms with Gasteiger partial charge in [-0.3, -0.25) is 4.79 Å². The Labute approximate surface area is 177 Å². The van der Waals surface area contributed by atoms with Crippen molar-refractivity contribution in [1.29, 1.82) is 0 Å². The lowest BCUT2D eigenvalue weighted by atomic mass is 9.79. The summed E-state index contributed by atoms with van der Waals surface area (Å²) in [4.78, 5) is 11.8. The molecule has 7 heteroatoms. The van der Waals surface area contributed by atoms with Crippen molar-refractivity contribution in [1.82, 2.24) is 0 Å². The number of alkyl halides is 3. The van der Waals surface area contributed by atoms with Crippen LogP contribution in [0, 0.1) is 23.2 Å². The van der Waals surface area contributed by atoms with E-state index >= 15 is 0 Å². The third kappa shape index (κ3) is 5.14. The van der Waals surface area contributed by atoms with Gasteiger partial charge in [0.1, 0.15) is 6.10 Å². The van der Waals surface area contributed by atoms with Crippen LogP contribution in [-0.4, -0.2) is 31.1 Å². The quantitative estimate of drug-likeness (QED) is 0.341. The van der Waals surface area contributed by atoms with Gasteiger partial charge < -0.3 is 14.2 Å². The Morgan fingerprint density at radius 1 is 1.30 bits per heavy atom. The smallest absolute Gasteiger partial charge is 0.394 e. The second-order valence-electron chi connectivity index (χ2n) is 9.52. The van der Waals surface area contributed by atoms with Gasteiger partial charge >= 0.3 is 12.1 Å². The van der Waals surface area contributed by atoms with Crippen LogP contribution in [0.1, 0.15) is 78.6 Å². The van der Waals surface area contributed by atoms with Crippen molar-refractivity contribution in [2.24, 2.45) is 23.2 Å². The molecule has 2 saturated heterocycles. The highest BCUT2D eigenvalue weighted by Gasteiger charge is 2.52. The van der Waals surface area contributed by atoms with Crippen LogP contribution in [0.2, 0.25) is 0 Å². The van der Waals surface area contributed by atoms with Crippen LogP contribution in [-0.2, 0) is 19.0 Å². The number of hydrogen-bond acceptors (Lipinski definition) is 4. The third-order valence-electron chi connectivity index (χ3n) is 7.10. The molecule has 1 saturated carbocycles. The fraction of sp³-hybridized carbons (Fsp3) is 0.870. The molecule has 0 N–H and O–H groups in total. The molecule has 2 unspecified atom stereocenters. The summed E-state index contributed by atoms with van der Waals surface area (Å²) in [7, 11) is 0. The van der Waals surface area contributed by atoms with Crippen molar-refractivity contribution in [3.8, 4) is 0 Å². The molecule has 0 spiro atoms. The Balaban J connectivity index is 1.85.